The number of rotatable bonds is 6. The molecule has 1 unspecified atom stereocenters. The first-order valence-electron chi connectivity index (χ1n) is 5.91. The molecular weight excluding hydrogens is 238 g/mol. The fourth-order valence-corrected chi connectivity index (χ4v) is 2.80. The molecule has 2 N–H and O–H groups in total. The van der Waals surface area contributed by atoms with Gasteiger partial charge in [-0.15, -0.1) is 0 Å². The van der Waals surface area contributed by atoms with Crippen molar-refractivity contribution < 1.29 is 8.42 Å². The average molecular weight is 259 g/mol. The van der Waals surface area contributed by atoms with Crippen molar-refractivity contribution in [2.45, 2.75) is 44.7 Å². The van der Waals surface area contributed by atoms with Gasteiger partial charge >= 0.3 is 0 Å². The second-order valence-electron chi connectivity index (χ2n) is 4.15. The quantitative estimate of drug-likeness (QED) is 0.817. The summed E-state index contributed by atoms with van der Waals surface area (Å²) in [5.74, 6) is 0.0200. The van der Waals surface area contributed by atoms with Crippen LogP contribution in [0.3, 0.4) is 0 Å². The van der Waals surface area contributed by atoms with Crippen molar-refractivity contribution in [3.63, 3.8) is 0 Å². The van der Waals surface area contributed by atoms with E-state index in [9.17, 15) is 8.42 Å². The zero-order valence-electron chi connectivity index (χ0n) is 10.7. The van der Waals surface area contributed by atoms with Crippen LogP contribution >= 0.6 is 0 Å². The molecule has 0 bridgehead atoms. The summed E-state index contributed by atoms with van der Waals surface area (Å²) in [6, 6.07) is 1.87. The lowest BCUT2D eigenvalue weighted by molar-refractivity contribution is 0.574. The standard InChI is InChI=1S/C11H21N3O2S/c1-4-10-6-11(14(5-2)13-10)8-17(15,16)9(3)7-12/h6,9H,4-5,7-8,12H2,1-3H3. The van der Waals surface area contributed by atoms with Crippen molar-refractivity contribution in [2.24, 2.45) is 5.73 Å². The van der Waals surface area contributed by atoms with E-state index in [-0.39, 0.29) is 12.3 Å². The van der Waals surface area contributed by atoms with Crippen molar-refractivity contribution in [3.8, 4) is 0 Å². The Morgan fingerprint density at radius 1 is 1.47 bits per heavy atom. The molecule has 17 heavy (non-hydrogen) atoms. The summed E-state index contributed by atoms with van der Waals surface area (Å²) < 4.78 is 25.7. The minimum absolute atomic E-state index is 0.0200. The maximum Gasteiger partial charge on any atom is 0.159 e. The van der Waals surface area contributed by atoms with Gasteiger partial charge < -0.3 is 5.73 Å². The topological polar surface area (TPSA) is 78.0 Å². The molecule has 1 aromatic rings. The maximum atomic E-state index is 12.0. The Hall–Kier alpha value is -0.880. The third-order valence-electron chi connectivity index (χ3n) is 2.87. The maximum absolute atomic E-state index is 12.0. The van der Waals surface area contributed by atoms with Crippen LogP contribution in [0.15, 0.2) is 6.07 Å². The number of sulfone groups is 1. The van der Waals surface area contributed by atoms with Crippen molar-refractivity contribution in [1.29, 1.82) is 0 Å². The van der Waals surface area contributed by atoms with E-state index in [1.165, 1.54) is 0 Å². The normalized spacial score (nSPS) is 13.9. The van der Waals surface area contributed by atoms with Gasteiger partial charge in [-0.2, -0.15) is 5.10 Å². The van der Waals surface area contributed by atoms with Crippen LogP contribution in [-0.2, 0) is 28.6 Å². The van der Waals surface area contributed by atoms with Crippen LogP contribution in [0.4, 0.5) is 0 Å². The Balaban J connectivity index is 2.98. The Labute approximate surface area is 103 Å². The molecule has 1 rings (SSSR count). The average Bonchev–Trinajstić information content (AvgIpc) is 2.69. The molecule has 0 saturated carbocycles. The summed E-state index contributed by atoms with van der Waals surface area (Å²) in [5.41, 5.74) is 7.09. The number of nitrogens with two attached hydrogens (primary N) is 1. The summed E-state index contributed by atoms with van der Waals surface area (Å²) in [4.78, 5) is 0. The summed E-state index contributed by atoms with van der Waals surface area (Å²) in [5, 5.41) is 3.83. The van der Waals surface area contributed by atoms with Gasteiger partial charge in [0.2, 0.25) is 0 Å². The smallest absolute Gasteiger partial charge is 0.159 e. The van der Waals surface area contributed by atoms with E-state index in [2.05, 4.69) is 5.10 Å². The molecule has 1 atom stereocenters. The first kappa shape index (κ1) is 14.2. The SMILES string of the molecule is CCc1cc(CS(=O)(=O)C(C)CN)n(CC)n1. The Bertz CT molecular complexity index is 465. The highest BCUT2D eigenvalue weighted by Gasteiger charge is 2.22. The van der Waals surface area contributed by atoms with E-state index in [4.69, 9.17) is 5.73 Å². The minimum atomic E-state index is -3.18. The van der Waals surface area contributed by atoms with Crippen molar-refractivity contribution in [1.82, 2.24) is 9.78 Å². The summed E-state index contributed by atoms with van der Waals surface area (Å²) in [6.07, 6.45) is 0.812. The van der Waals surface area contributed by atoms with Crippen LogP contribution in [0.25, 0.3) is 0 Å². The first-order valence-corrected chi connectivity index (χ1v) is 7.63. The molecule has 5 nitrogen and oxygen atoms in total. The molecule has 0 amide bonds. The van der Waals surface area contributed by atoms with Gasteiger partial charge in [0, 0.05) is 13.1 Å². The second-order valence-corrected chi connectivity index (χ2v) is 6.57. The molecular formula is C11H21N3O2S. The summed E-state index contributed by atoms with van der Waals surface area (Å²) in [6.45, 7) is 6.44. The van der Waals surface area contributed by atoms with Crippen LogP contribution in [0.5, 0.6) is 0 Å². The van der Waals surface area contributed by atoms with Crippen LogP contribution in [0.2, 0.25) is 0 Å². The molecule has 0 spiro atoms. The molecule has 0 aliphatic heterocycles. The Kier molecular flexibility index (Phi) is 4.70. The lowest BCUT2D eigenvalue weighted by Crippen LogP contribution is -2.28. The van der Waals surface area contributed by atoms with Gasteiger partial charge in [-0.25, -0.2) is 8.42 Å². The highest BCUT2D eigenvalue weighted by atomic mass is 32.2. The van der Waals surface area contributed by atoms with Crippen LogP contribution in [0, 0.1) is 0 Å². The van der Waals surface area contributed by atoms with Gasteiger partial charge in [-0.1, -0.05) is 6.92 Å². The van der Waals surface area contributed by atoms with Gasteiger partial charge in [-0.05, 0) is 26.3 Å². The number of aromatic nitrogens is 2. The monoisotopic (exact) mass is 259 g/mol. The van der Waals surface area contributed by atoms with E-state index >= 15 is 0 Å². The number of hydrogen-bond donors (Lipinski definition) is 1. The van der Waals surface area contributed by atoms with E-state index in [0.29, 0.717) is 6.54 Å². The Morgan fingerprint density at radius 3 is 2.59 bits per heavy atom. The van der Waals surface area contributed by atoms with Gasteiger partial charge in [0.1, 0.15) is 0 Å². The van der Waals surface area contributed by atoms with E-state index < -0.39 is 15.1 Å². The van der Waals surface area contributed by atoms with Crippen LogP contribution in [0.1, 0.15) is 32.2 Å². The van der Waals surface area contributed by atoms with Gasteiger partial charge in [0.05, 0.1) is 22.4 Å². The van der Waals surface area contributed by atoms with E-state index in [1.807, 2.05) is 19.9 Å². The zero-order chi connectivity index (χ0) is 13.1. The summed E-state index contributed by atoms with van der Waals surface area (Å²) >= 11 is 0. The van der Waals surface area contributed by atoms with Gasteiger partial charge in [0.25, 0.3) is 0 Å². The highest BCUT2D eigenvalue weighted by molar-refractivity contribution is 7.91. The summed E-state index contributed by atoms with van der Waals surface area (Å²) in [7, 11) is -3.18. The number of aryl methyl sites for hydroxylation is 2. The van der Waals surface area contributed by atoms with Crippen LogP contribution < -0.4 is 5.73 Å². The first-order chi connectivity index (χ1) is 7.94. The fraction of sp³-hybridized carbons (Fsp3) is 0.727. The lowest BCUT2D eigenvalue weighted by Gasteiger charge is -2.11. The lowest BCUT2D eigenvalue weighted by atomic mass is 10.3. The fourth-order valence-electron chi connectivity index (χ4n) is 1.57. The predicted octanol–water partition coefficient (Wildman–Crippen LogP) is 0.727. The number of hydrogen-bond acceptors (Lipinski definition) is 4. The molecule has 0 aromatic carbocycles. The zero-order valence-corrected chi connectivity index (χ0v) is 11.5. The predicted molar refractivity (Wildman–Crippen MR) is 68.4 cm³/mol. The molecule has 1 heterocycles. The molecule has 0 radical (unpaired) electrons. The van der Waals surface area contributed by atoms with Crippen molar-refractivity contribution >= 4 is 9.84 Å². The van der Waals surface area contributed by atoms with Crippen molar-refractivity contribution in [3.05, 3.63) is 17.5 Å². The second kappa shape index (κ2) is 5.64. The molecule has 0 saturated heterocycles. The minimum Gasteiger partial charge on any atom is -0.329 e. The highest BCUT2D eigenvalue weighted by Crippen LogP contribution is 2.13. The van der Waals surface area contributed by atoms with Gasteiger partial charge in [-0.3, -0.25) is 4.68 Å². The van der Waals surface area contributed by atoms with Crippen molar-refractivity contribution in [2.75, 3.05) is 6.54 Å². The van der Waals surface area contributed by atoms with E-state index in [1.54, 1.807) is 11.6 Å². The van der Waals surface area contributed by atoms with E-state index in [0.717, 1.165) is 17.8 Å². The largest absolute Gasteiger partial charge is 0.329 e. The molecule has 0 aliphatic carbocycles. The third-order valence-corrected chi connectivity index (χ3v) is 4.99. The molecule has 0 fully saturated rings. The molecule has 1 aromatic heterocycles. The number of nitrogens with zero attached hydrogens (tertiary/aromatic N) is 2. The van der Waals surface area contributed by atoms with Crippen LogP contribution in [-0.4, -0.2) is 30.0 Å². The molecule has 6 heteroatoms. The Morgan fingerprint density at radius 2 is 2.12 bits per heavy atom. The molecule has 98 valence electrons. The third kappa shape index (κ3) is 3.29. The van der Waals surface area contributed by atoms with Gasteiger partial charge in [0.15, 0.2) is 9.84 Å². The molecule has 0 aliphatic rings.